The fraction of sp³-hybridized carbons (Fsp3) is 0.333. The monoisotopic (exact) mass is 268 g/mol. The van der Waals surface area contributed by atoms with Crippen molar-refractivity contribution in [2.75, 3.05) is 12.4 Å². The summed E-state index contributed by atoms with van der Waals surface area (Å²) in [5.41, 5.74) is 0. The molecule has 0 unspecified atom stereocenters. The van der Waals surface area contributed by atoms with E-state index in [9.17, 15) is 0 Å². The predicted molar refractivity (Wildman–Crippen MR) is 52.6 cm³/mol. The Bertz CT molecular complexity index is 274. The predicted octanol–water partition coefficient (Wildman–Crippen LogP) is 1.98. The number of rotatable bonds is 3. The first-order chi connectivity index (χ1) is 5.75. The molecule has 0 bridgehead atoms. The average Bonchev–Trinajstić information content (AvgIpc) is 2.08. The molecule has 1 rings (SSSR count). The zero-order chi connectivity index (χ0) is 8.97. The molecule has 0 aliphatic rings. The van der Waals surface area contributed by atoms with E-state index in [0.717, 1.165) is 5.03 Å². The Balaban J connectivity index is 2.78. The van der Waals surface area contributed by atoms with Crippen molar-refractivity contribution in [1.29, 1.82) is 0 Å². The van der Waals surface area contributed by atoms with Gasteiger partial charge in [-0.3, -0.25) is 0 Å². The number of hydrogen-bond acceptors (Lipinski definition) is 4. The minimum atomic E-state index is 0.124. The van der Waals surface area contributed by atoms with Crippen LogP contribution in [0.15, 0.2) is 15.8 Å². The van der Waals surface area contributed by atoms with Crippen LogP contribution in [0.1, 0.15) is 0 Å². The highest BCUT2D eigenvalue weighted by atomic mass is 79.9. The Morgan fingerprint density at radius 1 is 1.58 bits per heavy atom. The van der Waals surface area contributed by atoms with Crippen LogP contribution in [-0.2, 0) is 0 Å². The molecular weight excluding hydrogens is 264 g/mol. The number of aromatic nitrogens is 2. The lowest BCUT2D eigenvalue weighted by Crippen LogP contribution is -1.90. The summed E-state index contributed by atoms with van der Waals surface area (Å²) in [4.78, 5) is 7.77. The highest BCUT2D eigenvalue weighted by Crippen LogP contribution is 2.29. The number of aliphatic hydroxyl groups is 1. The second-order valence-corrected chi connectivity index (χ2v) is 4.09. The van der Waals surface area contributed by atoms with Crippen LogP contribution in [0.3, 0.4) is 0 Å². The van der Waals surface area contributed by atoms with Crippen LogP contribution in [0, 0.1) is 0 Å². The Morgan fingerprint density at radius 2 is 2.33 bits per heavy atom. The highest BCUT2D eigenvalue weighted by Gasteiger charge is 2.05. The summed E-state index contributed by atoms with van der Waals surface area (Å²) in [6, 6.07) is 0. The van der Waals surface area contributed by atoms with Gasteiger partial charge in [-0.2, -0.15) is 0 Å². The molecule has 0 spiro atoms. The van der Waals surface area contributed by atoms with Crippen LogP contribution in [0.4, 0.5) is 0 Å². The maximum atomic E-state index is 8.58. The Hall–Kier alpha value is 0.160. The highest BCUT2D eigenvalue weighted by molar-refractivity contribution is 9.10. The molecule has 3 nitrogen and oxygen atoms in total. The molecule has 1 heterocycles. The normalized spacial score (nSPS) is 10.2. The zero-order valence-corrected chi connectivity index (χ0v) is 9.16. The molecule has 0 aliphatic heterocycles. The Labute approximate surface area is 87.7 Å². The van der Waals surface area contributed by atoms with Gasteiger partial charge in [0.25, 0.3) is 0 Å². The molecule has 1 aromatic heterocycles. The van der Waals surface area contributed by atoms with Crippen LogP contribution in [0.25, 0.3) is 0 Å². The van der Waals surface area contributed by atoms with Crippen molar-refractivity contribution in [1.82, 2.24) is 9.97 Å². The van der Waals surface area contributed by atoms with Gasteiger partial charge >= 0.3 is 0 Å². The summed E-state index contributed by atoms with van der Waals surface area (Å²) in [5.74, 6) is 0.603. The Morgan fingerprint density at radius 3 is 3.00 bits per heavy atom. The maximum absolute atomic E-state index is 8.58. The molecule has 12 heavy (non-hydrogen) atoms. The third-order valence-corrected chi connectivity index (χ3v) is 3.54. The van der Waals surface area contributed by atoms with Crippen LogP contribution in [-0.4, -0.2) is 27.4 Å². The van der Waals surface area contributed by atoms with Crippen molar-refractivity contribution in [3.8, 4) is 0 Å². The second kappa shape index (κ2) is 5.01. The van der Waals surface area contributed by atoms with Gasteiger partial charge in [0.2, 0.25) is 0 Å². The van der Waals surface area contributed by atoms with E-state index in [2.05, 4.69) is 25.9 Å². The average molecular weight is 270 g/mol. The molecule has 66 valence electrons. The summed E-state index contributed by atoms with van der Waals surface area (Å²) < 4.78 is 0.685. The van der Waals surface area contributed by atoms with E-state index < -0.39 is 0 Å². The number of thioether (sulfide) groups is 1. The zero-order valence-electron chi connectivity index (χ0n) is 6.00. The van der Waals surface area contributed by atoms with E-state index in [1.54, 1.807) is 0 Å². The van der Waals surface area contributed by atoms with Gasteiger partial charge < -0.3 is 5.11 Å². The fourth-order valence-electron chi connectivity index (χ4n) is 0.577. The lowest BCUT2D eigenvalue weighted by Gasteiger charge is -2.01. The van der Waals surface area contributed by atoms with Crippen LogP contribution >= 0.6 is 39.3 Å². The summed E-state index contributed by atoms with van der Waals surface area (Å²) in [6.45, 7) is 0.124. The van der Waals surface area contributed by atoms with Gasteiger partial charge in [-0.15, -0.1) is 11.8 Å². The van der Waals surface area contributed by atoms with Crippen molar-refractivity contribution >= 4 is 39.3 Å². The summed E-state index contributed by atoms with van der Waals surface area (Å²) in [7, 11) is 0. The quantitative estimate of drug-likeness (QED) is 0.673. The molecule has 0 aliphatic carbocycles. The van der Waals surface area contributed by atoms with Gasteiger partial charge in [0.1, 0.15) is 16.5 Å². The van der Waals surface area contributed by atoms with Crippen molar-refractivity contribution in [2.45, 2.75) is 5.03 Å². The topological polar surface area (TPSA) is 46.0 Å². The molecule has 1 aromatic rings. The SMILES string of the molecule is OCCSc1ncnc(Cl)c1Br. The largest absolute Gasteiger partial charge is 0.396 e. The van der Waals surface area contributed by atoms with Crippen LogP contribution in [0.2, 0.25) is 5.15 Å². The lowest BCUT2D eigenvalue weighted by atomic mass is 10.7. The second-order valence-electron chi connectivity index (χ2n) is 1.86. The number of halogens is 2. The van der Waals surface area contributed by atoms with E-state index in [0.29, 0.717) is 15.4 Å². The van der Waals surface area contributed by atoms with Crippen molar-refractivity contribution in [3.63, 3.8) is 0 Å². The first-order valence-electron chi connectivity index (χ1n) is 3.15. The minimum Gasteiger partial charge on any atom is -0.396 e. The summed E-state index contributed by atoms with van der Waals surface area (Å²) in [5, 5.41) is 9.72. The smallest absolute Gasteiger partial charge is 0.147 e. The maximum Gasteiger partial charge on any atom is 0.147 e. The number of nitrogens with zero attached hydrogens (tertiary/aromatic N) is 2. The van der Waals surface area contributed by atoms with E-state index >= 15 is 0 Å². The molecule has 0 saturated carbocycles. The molecule has 0 radical (unpaired) electrons. The molecule has 0 atom stereocenters. The molecule has 0 amide bonds. The van der Waals surface area contributed by atoms with E-state index in [1.165, 1.54) is 18.1 Å². The van der Waals surface area contributed by atoms with Gasteiger partial charge in [0.05, 0.1) is 11.1 Å². The fourth-order valence-corrected chi connectivity index (χ4v) is 1.94. The molecular formula is C6H6BrClN2OS. The van der Waals surface area contributed by atoms with Gasteiger partial charge in [-0.25, -0.2) is 9.97 Å². The third-order valence-electron chi connectivity index (χ3n) is 1.05. The van der Waals surface area contributed by atoms with Crippen LogP contribution in [0.5, 0.6) is 0 Å². The molecule has 0 saturated heterocycles. The lowest BCUT2D eigenvalue weighted by molar-refractivity contribution is 0.322. The third kappa shape index (κ3) is 2.58. The van der Waals surface area contributed by atoms with Gasteiger partial charge in [0.15, 0.2) is 0 Å². The summed E-state index contributed by atoms with van der Waals surface area (Å²) in [6.07, 6.45) is 1.40. The van der Waals surface area contributed by atoms with Gasteiger partial charge in [0, 0.05) is 5.75 Å². The Kier molecular flexibility index (Phi) is 4.28. The molecule has 6 heteroatoms. The standard InChI is InChI=1S/C6H6BrClN2OS/c7-4-5(8)9-3-10-6(4)12-2-1-11/h3,11H,1-2H2. The van der Waals surface area contributed by atoms with Gasteiger partial charge in [-0.05, 0) is 15.9 Å². The summed E-state index contributed by atoms with van der Waals surface area (Å²) >= 11 is 10.4. The van der Waals surface area contributed by atoms with E-state index in [4.69, 9.17) is 16.7 Å². The molecule has 0 fully saturated rings. The van der Waals surface area contributed by atoms with E-state index in [-0.39, 0.29) is 6.61 Å². The number of hydrogen-bond donors (Lipinski definition) is 1. The van der Waals surface area contributed by atoms with E-state index in [1.807, 2.05) is 0 Å². The number of aliphatic hydroxyl groups excluding tert-OH is 1. The first kappa shape index (κ1) is 10.2. The van der Waals surface area contributed by atoms with Crippen LogP contribution < -0.4 is 0 Å². The van der Waals surface area contributed by atoms with Crippen molar-refractivity contribution in [3.05, 3.63) is 16.0 Å². The van der Waals surface area contributed by atoms with Crippen molar-refractivity contribution < 1.29 is 5.11 Å². The molecule has 1 N–H and O–H groups in total. The van der Waals surface area contributed by atoms with Gasteiger partial charge in [-0.1, -0.05) is 11.6 Å². The minimum absolute atomic E-state index is 0.124. The van der Waals surface area contributed by atoms with Crippen molar-refractivity contribution in [2.24, 2.45) is 0 Å². The first-order valence-corrected chi connectivity index (χ1v) is 5.31. The molecule has 0 aromatic carbocycles.